The van der Waals surface area contributed by atoms with E-state index in [1.54, 1.807) is 19.1 Å². The second kappa shape index (κ2) is 4.67. The zero-order valence-corrected chi connectivity index (χ0v) is 9.97. The number of hydrogen-bond donors (Lipinski definition) is 0. The molecule has 82 valence electrons. The highest BCUT2D eigenvalue weighted by Gasteiger charge is 2.21. The van der Waals surface area contributed by atoms with Crippen molar-refractivity contribution in [3.8, 4) is 5.75 Å². The maximum atomic E-state index is 11.0. The third-order valence-electron chi connectivity index (χ3n) is 1.86. The van der Waals surface area contributed by atoms with Crippen LogP contribution in [0.4, 0.5) is 0 Å². The minimum Gasteiger partial charge on any atom is -0.487 e. The van der Waals surface area contributed by atoms with E-state index in [0.29, 0.717) is 17.2 Å². The van der Waals surface area contributed by atoms with Crippen molar-refractivity contribution in [1.29, 1.82) is 0 Å². The lowest BCUT2D eigenvalue weighted by molar-refractivity contribution is -0.120. The third kappa shape index (κ3) is 4.34. The van der Waals surface area contributed by atoms with Gasteiger partial charge in [0.25, 0.3) is 0 Å². The average molecular weight is 227 g/mol. The monoisotopic (exact) mass is 226 g/mol. The van der Waals surface area contributed by atoms with Crippen LogP contribution in [0.25, 0.3) is 0 Å². The zero-order valence-electron chi connectivity index (χ0n) is 9.21. The minimum atomic E-state index is -0.490. The second-order valence-electron chi connectivity index (χ2n) is 4.20. The van der Waals surface area contributed by atoms with Crippen molar-refractivity contribution in [2.75, 3.05) is 0 Å². The highest BCUT2D eigenvalue weighted by Crippen LogP contribution is 2.23. The fourth-order valence-electron chi connectivity index (χ4n) is 1.49. The van der Waals surface area contributed by atoms with Crippen molar-refractivity contribution >= 4 is 17.4 Å². The van der Waals surface area contributed by atoms with E-state index in [0.717, 1.165) is 0 Å². The van der Waals surface area contributed by atoms with E-state index < -0.39 is 5.60 Å². The van der Waals surface area contributed by atoms with Crippen LogP contribution in [0.2, 0.25) is 5.02 Å². The molecule has 1 aromatic rings. The molecule has 0 aromatic heterocycles. The molecular weight excluding hydrogens is 212 g/mol. The molecule has 0 aliphatic rings. The van der Waals surface area contributed by atoms with Gasteiger partial charge in [-0.15, -0.1) is 0 Å². The molecule has 1 aromatic carbocycles. The van der Waals surface area contributed by atoms with Crippen molar-refractivity contribution in [2.45, 2.75) is 32.8 Å². The standard InChI is InChI=1S/C12H15ClO2/c1-9(14)8-12(2,3)15-11-6-4-5-10(13)7-11/h4-7H,8H2,1-3H3. The largest absolute Gasteiger partial charge is 0.487 e. The van der Waals surface area contributed by atoms with Gasteiger partial charge in [0.15, 0.2) is 0 Å². The normalized spacial score (nSPS) is 11.2. The molecule has 0 heterocycles. The summed E-state index contributed by atoms with van der Waals surface area (Å²) >= 11 is 5.83. The van der Waals surface area contributed by atoms with Crippen LogP contribution in [0, 0.1) is 0 Å². The van der Waals surface area contributed by atoms with Gasteiger partial charge in [0.2, 0.25) is 0 Å². The maximum absolute atomic E-state index is 11.0. The quantitative estimate of drug-likeness (QED) is 0.786. The van der Waals surface area contributed by atoms with Gasteiger partial charge in [-0.25, -0.2) is 0 Å². The molecule has 0 spiro atoms. The van der Waals surface area contributed by atoms with E-state index >= 15 is 0 Å². The zero-order chi connectivity index (χ0) is 11.5. The van der Waals surface area contributed by atoms with Crippen LogP contribution in [0.1, 0.15) is 27.2 Å². The molecule has 1 rings (SSSR count). The predicted octanol–water partition coefficient (Wildman–Crippen LogP) is 3.48. The Hall–Kier alpha value is -1.02. The molecule has 2 nitrogen and oxygen atoms in total. The van der Waals surface area contributed by atoms with Crippen LogP contribution in [-0.4, -0.2) is 11.4 Å². The summed E-state index contributed by atoms with van der Waals surface area (Å²) < 4.78 is 5.69. The molecule has 0 saturated heterocycles. The summed E-state index contributed by atoms with van der Waals surface area (Å²) in [5.74, 6) is 0.802. The summed E-state index contributed by atoms with van der Waals surface area (Å²) in [5, 5.41) is 0.631. The molecule has 0 fully saturated rings. The van der Waals surface area contributed by atoms with Gasteiger partial charge in [0.05, 0.1) is 0 Å². The van der Waals surface area contributed by atoms with E-state index in [9.17, 15) is 4.79 Å². The summed E-state index contributed by atoms with van der Waals surface area (Å²) in [7, 11) is 0. The first kappa shape index (κ1) is 12.1. The topological polar surface area (TPSA) is 26.3 Å². The van der Waals surface area contributed by atoms with Crippen LogP contribution < -0.4 is 4.74 Å². The molecule has 3 heteroatoms. The Morgan fingerprint density at radius 3 is 2.67 bits per heavy atom. The number of ketones is 1. The average Bonchev–Trinajstić information content (AvgIpc) is 1.99. The van der Waals surface area contributed by atoms with Crippen LogP contribution >= 0.6 is 11.6 Å². The van der Waals surface area contributed by atoms with E-state index in [-0.39, 0.29) is 5.78 Å². The van der Waals surface area contributed by atoms with Crippen molar-refractivity contribution in [3.63, 3.8) is 0 Å². The second-order valence-corrected chi connectivity index (χ2v) is 4.63. The van der Waals surface area contributed by atoms with E-state index in [4.69, 9.17) is 16.3 Å². The van der Waals surface area contributed by atoms with Gasteiger partial charge in [0, 0.05) is 11.4 Å². The van der Waals surface area contributed by atoms with Crippen molar-refractivity contribution < 1.29 is 9.53 Å². The first-order chi connectivity index (χ1) is 6.89. The molecule has 0 unspecified atom stereocenters. The molecule has 0 saturated carbocycles. The fraction of sp³-hybridized carbons (Fsp3) is 0.417. The summed E-state index contributed by atoms with van der Waals surface area (Å²) in [6.45, 7) is 5.33. The van der Waals surface area contributed by atoms with Crippen LogP contribution in [0.3, 0.4) is 0 Å². The molecule has 0 aliphatic carbocycles. The minimum absolute atomic E-state index is 0.113. The number of rotatable bonds is 4. The van der Waals surface area contributed by atoms with Crippen molar-refractivity contribution in [2.24, 2.45) is 0 Å². The first-order valence-electron chi connectivity index (χ1n) is 4.83. The predicted molar refractivity (Wildman–Crippen MR) is 61.5 cm³/mol. The lowest BCUT2D eigenvalue weighted by atomic mass is 10.0. The highest BCUT2D eigenvalue weighted by molar-refractivity contribution is 6.30. The molecule has 0 bridgehead atoms. The number of carbonyl (C=O) groups excluding carboxylic acids is 1. The Bertz CT molecular complexity index is 358. The third-order valence-corrected chi connectivity index (χ3v) is 2.10. The van der Waals surface area contributed by atoms with Gasteiger partial charge in [-0.2, -0.15) is 0 Å². The molecule has 0 aliphatic heterocycles. The maximum Gasteiger partial charge on any atom is 0.133 e. The lowest BCUT2D eigenvalue weighted by Crippen LogP contribution is -2.30. The summed E-state index contributed by atoms with van der Waals surface area (Å²) in [6.07, 6.45) is 0.388. The number of halogens is 1. The Labute approximate surface area is 95.2 Å². The summed E-state index contributed by atoms with van der Waals surface area (Å²) in [5.41, 5.74) is -0.490. The van der Waals surface area contributed by atoms with Crippen LogP contribution in [-0.2, 0) is 4.79 Å². The van der Waals surface area contributed by atoms with Gasteiger partial charge in [-0.1, -0.05) is 17.7 Å². The van der Waals surface area contributed by atoms with Gasteiger partial charge in [0.1, 0.15) is 17.1 Å². The SMILES string of the molecule is CC(=O)CC(C)(C)Oc1cccc(Cl)c1. The molecule has 15 heavy (non-hydrogen) atoms. The summed E-state index contributed by atoms with van der Waals surface area (Å²) in [6, 6.07) is 7.17. The van der Waals surface area contributed by atoms with E-state index in [2.05, 4.69) is 0 Å². The number of benzene rings is 1. The molecule has 0 radical (unpaired) electrons. The van der Waals surface area contributed by atoms with Crippen LogP contribution in [0.5, 0.6) is 5.75 Å². The molecular formula is C12H15ClO2. The highest BCUT2D eigenvalue weighted by atomic mass is 35.5. The number of ether oxygens (including phenoxy) is 1. The van der Waals surface area contributed by atoms with E-state index in [1.807, 2.05) is 26.0 Å². The lowest BCUT2D eigenvalue weighted by Gasteiger charge is -2.25. The summed E-state index contributed by atoms with van der Waals surface area (Å²) in [4.78, 5) is 11.0. The number of Topliss-reactive ketones (excluding diaryl/α,β-unsaturated/α-hetero) is 1. The van der Waals surface area contributed by atoms with Gasteiger partial charge < -0.3 is 4.74 Å². The Morgan fingerprint density at radius 2 is 2.13 bits per heavy atom. The van der Waals surface area contributed by atoms with Gasteiger partial charge in [-0.3, -0.25) is 4.79 Å². The smallest absolute Gasteiger partial charge is 0.133 e. The Balaban J connectivity index is 2.72. The fourth-order valence-corrected chi connectivity index (χ4v) is 1.67. The van der Waals surface area contributed by atoms with Crippen LogP contribution in [0.15, 0.2) is 24.3 Å². The van der Waals surface area contributed by atoms with Crippen molar-refractivity contribution in [1.82, 2.24) is 0 Å². The Kier molecular flexibility index (Phi) is 3.75. The Morgan fingerprint density at radius 1 is 1.47 bits per heavy atom. The van der Waals surface area contributed by atoms with Gasteiger partial charge >= 0.3 is 0 Å². The number of hydrogen-bond acceptors (Lipinski definition) is 2. The van der Waals surface area contributed by atoms with Crippen molar-refractivity contribution in [3.05, 3.63) is 29.3 Å². The number of carbonyl (C=O) groups is 1. The molecule has 0 N–H and O–H groups in total. The molecule has 0 atom stereocenters. The molecule has 0 amide bonds. The van der Waals surface area contributed by atoms with Gasteiger partial charge in [-0.05, 0) is 39.0 Å². The first-order valence-corrected chi connectivity index (χ1v) is 5.21. The van der Waals surface area contributed by atoms with E-state index in [1.165, 1.54) is 0 Å².